The van der Waals surface area contributed by atoms with Crippen LogP contribution >= 0.6 is 0 Å². The molecule has 4 nitrogen and oxygen atoms in total. The van der Waals surface area contributed by atoms with Gasteiger partial charge in [-0.05, 0) is 26.0 Å². The molecule has 0 bridgehead atoms. The zero-order chi connectivity index (χ0) is 12.5. The molecule has 0 saturated carbocycles. The lowest BCUT2D eigenvalue weighted by Crippen LogP contribution is -2.17. The molecule has 0 atom stereocenters. The summed E-state index contributed by atoms with van der Waals surface area (Å²) in [6.07, 6.45) is 0. The summed E-state index contributed by atoms with van der Waals surface area (Å²) in [6, 6.07) is 5.61. The Kier molecular flexibility index (Phi) is 2.96. The second-order valence-electron chi connectivity index (χ2n) is 4.62. The van der Waals surface area contributed by atoms with Crippen LogP contribution in [0.5, 0.6) is 11.5 Å². The van der Waals surface area contributed by atoms with E-state index in [2.05, 4.69) is 4.99 Å². The molecule has 0 aromatic heterocycles. The van der Waals surface area contributed by atoms with Crippen molar-refractivity contribution >= 4 is 5.90 Å². The number of hydrogen-bond donors (Lipinski definition) is 0. The first-order chi connectivity index (χ1) is 8.04. The molecule has 0 spiro atoms. The van der Waals surface area contributed by atoms with E-state index in [0.717, 1.165) is 17.1 Å². The van der Waals surface area contributed by atoms with Crippen LogP contribution < -0.4 is 9.47 Å². The van der Waals surface area contributed by atoms with E-state index >= 15 is 0 Å². The molecule has 0 amide bonds. The van der Waals surface area contributed by atoms with E-state index in [9.17, 15) is 0 Å². The van der Waals surface area contributed by atoms with Crippen LogP contribution in [-0.2, 0) is 4.74 Å². The zero-order valence-corrected chi connectivity index (χ0v) is 10.6. The molecule has 92 valence electrons. The fourth-order valence-electron chi connectivity index (χ4n) is 1.66. The minimum absolute atomic E-state index is 0.161. The molecule has 1 aromatic rings. The highest BCUT2D eigenvalue weighted by atomic mass is 16.5. The number of methoxy groups -OCH3 is 2. The molecule has 1 heterocycles. The van der Waals surface area contributed by atoms with E-state index in [4.69, 9.17) is 14.2 Å². The molecule has 1 aliphatic rings. The Labute approximate surface area is 101 Å². The van der Waals surface area contributed by atoms with Crippen molar-refractivity contribution in [1.82, 2.24) is 0 Å². The van der Waals surface area contributed by atoms with Gasteiger partial charge < -0.3 is 14.2 Å². The first kappa shape index (κ1) is 11.8. The summed E-state index contributed by atoms with van der Waals surface area (Å²) in [5.74, 6) is 2.11. The Morgan fingerprint density at radius 2 is 1.71 bits per heavy atom. The van der Waals surface area contributed by atoms with Gasteiger partial charge in [0.05, 0.1) is 19.8 Å². The first-order valence-electron chi connectivity index (χ1n) is 5.50. The highest BCUT2D eigenvalue weighted by molar-refractivity contribution is 5.96. The largest absolute Gasteiger partial charge is 0.497 e. The summed E-state index contributed by atoms with van der Waals surface area (Å²) in [7, 11) is 3.25. The zero-order valence-electron chi connectivity index (χ0n) is 10.6. The Hall–Kier alpha value is -1.71. The van der Waals surface area contributed by atoms with Crippen LogP contribution in [0.25, 0.3) is 0 Å². The fraction of sp³-hybridized carbons (Fsp3) is 0.462. The minimum Gasteiger partial charge on any atom is -0.497 e. The summed E-state index contributed by atoms with van der Waals surface area (Å²) >= 11 is 0. The first-order valence-corrected chi connectivity index (χ1v) is 5.50. The predicted molar refractivity (Wildman–Crippen MR) is 66.1 cm³/mol. The number of rotatable bonds is 3. The maximum Gasteiger partial charge on any atom is 0.217 e. The molecule has 0 unspecified atom stereocenters. The molecule has 0 aliphatic carbocycles. The third-order valence-corrected chi connectivity index (χ3v) is 2.56. The quantitative estimate of drug-likeness (QED) is 0.806. The van der Waals surface area contributed by atoms with E-state index in [0.29, 0.717) is 12.5 Å². The van der Waals surface area contributed by atoms with Crippen molar-refractivity contribution in [3.63, 3.8) is 0 Å². The molecule has 0 fully saturated rings. The fourth-order valence-corrected chi connectivity index (χ4v) is 1.66. The van der Waals surface area contributed by atoms with Gasteiger partial charge in [-0.1, -0.05) is 0 Å². The standard InChI is InChI=1S/C13H17NO3/c1-13(2)8-17-12(14-13)9-5-10(15-3)7-11(6-9)16-4/h5-7H,8H2,1-4H3. The SMILES string of the molecule is COc1cc(OC)cc(C2=NC(C)(C)CO2)c1. The second kappa shape index (κ2) is 4.28. The minimum atomic E-state index is -0.161. The summed E-state index contributed by atoms with van der Waals surface area (Å²) in [5.41, 5.74) is 0.720. The molecule has 2 rings (SSSR count). The van der Waals surface area contributed by atoms with Crippen LogP contribution in [0.4, 0.5) is 0 Å². The number of benzene rings is 1. The van der Waals surface area contributed by atoms with Crippen LogP contribution in [0, 0.1) is 0 Å². The van der Waals surface area contributed by atoms with E-state index < -0.39 is 0 Å². The Balaban J connectivity index is 2.39. The van der Waals surface area contributed by atoms with Gasteiger partial charge in [0, 0.05) is 11.6 Å². The van der Waals surface area contributed by atoms with E-state index in [1.54, 1.807) is 14.2 Å². The van der Waals surface area contributed by atoms with Crippen molar-refractivity contribution in [2.45, 2.75) is 19.4 Å². The highest BCUT2D eigenvalue weighted by Crippen LogP contribution is 2.27. The predicted octanol–water partition coefficient (Wildman–Crippen LogP) is 2.26. The number of ether oxygens (including phenoxy) is 3. The van der Waals surface area contributed by atoms with Gasteiger partial charge >= 0.3 is 0 Å². The van der Waals surface area contributed by atoms with Gasteiger partial charge in [-0.25, -0.2) is 4.99 Å². The van der Waals surface area contributed by atoms with Crippen LogP contribution in [0.1, 0.15) is 19.4 Å². The van der Waals surface area contributed by atoms with Crippen LogP contribution in [0.15, 0.2) is 23.2 Å². The molecular weight excluding hydrogens is 218 g/mol. The molecule has 4 heteroatoms. The van der Waals surface area contributed by atoms with E-state index in [1.165, 1.54) is 0 Å². The molecule has 1 aliphatic heterocycles. The Morgan fingerprint density at radius 1 is 1.12 bits per heavy atom. The van der Waals surface area contributed by atoms with Crippen molar-refractivity contribution in [2.24, 2.45) is 4.99 Å². The average molecular weight is 235 g/mol. The topological polar surface area (TPSA) is 40.0 Å². The molecular formula is C13H17NO3. The van der Waals surface area contributed by atoms with Crippen molar-refractivity contribution in [1.29, 1.82) is 0 Å². The average Bonchev–Trinajstić information content (AvgIpc) is 2.69. The van der Waals surface area contributed by atoms with Crippen LogP contribution in [-0.4, -0.2) is 32.3 Å². The smallest absolute Gasteiger partial charge is 0.217 e. The third kappa shape index (κ3) is 2.52. The van der Waals surface area contributed by atoms with Gasteiger partial charge in [0.15, 0.2) is 0 Å². The Morgan fingerprint density at radius 3 is 2.12 bits per heavy atom. The van der Waals surface area contributed by atoms with E-state index in [1.807, 2.05) is 32.0 Å². The molecule has 0 saturated heterocycles. The monoisotopic (exact) mass is 235 g/mol. The summed E-state index contributed by atoms with van der Waals surface area (Å²) in [6.45, 7) is 4.68. The lowest BCUT2D eigenvalue weighted by Gasteiger charge is -2.08. The third-order valence-electron chi connectivity index (χ3n) is 2.56. The number of hydrogen-bond acceptors (Lipinski definition) is 4. The lowest BCUT2D eigenvalue weighted by molar-refractivity contribution is 0.279. The van der Waals surface area contributed by atoms with Crippen molar-refractivity contribution in [3.05, 3.63) is 23.8 Å². The maximum absolute atomic E-state index is 5.59. The summed E-state index contributed by atoms with van der Waals surface area (Å²) in [4.78, 5) is 4.52. The van der Waals surface area contributed by atoms with Crippen LogP contribution in [0.3, 0.4) is 0 Å². The van der Waals surface area contributed by atoms with Crippen molar-refractivity contribution < 1.29 is 14.2 Å². The van der Waals surface area contributed by atoms with Crippen molar-refractivity contribution in [3.8, 4) is 11.5 Å². The second-order valence-corrected chi connectivity index (χ2v) is 4.62. The van der Waals surface area contributed by atoms with E-state index in [-0.39, 0.29) is 5.54 Å². The number of aliphatic imine (C=N–C) groups is 1. The van der Waals surface area contributed by atoms with Gasteiger partial charge in [-0.2, -0.15) is 0 Å². The number of nitrogens with zero attached hydrogens (tertiary/aromatic N) is 1. The lowest BCUT2D eigenvalue weighted by atomic mass is 10.1. The van der Waals surface area contributed by atoms with Gasteiger partial charge in [0.1, 0.15) is 18.1 Å². The summed E-state index contributed by atoms with van der Waals surface area (Å²) < 4.78 is 16.0. The van der Waals surface area contributed by atoms with Gasteiger partial charge in [0.25, 0.3) is 0 Å². The molecule has 1 aromatic carbocycles. The molecule has 0 N–H and O–H groups in total. The van der Waals surface area contributed by atoms with Crippen LogP contribution in [0.2, 0.25) is 0 Å². The van der Waals surface area contributed by atoms with Crippen molar-refractivity contribution in [2.75, 3.05) is 20.8 Å². The normalized spacial score (nSPS) is 17.3. The Bertz CT molecular complexity index is 430. The summed E-state index contributed by atoms with van der Waals surface area (Å²) in [5, 5.41) is 0. The highest BCUT2D eigenvalue weighted by Gasteiger charge is 2.27. The van der Waals surface area contributed by atoms with Gasteiger partial charge in [0.2, 0.25) is 5.90 Å². The van der Waals surface area contributed by atoms with Gasteiger partial charge in [-0.15, -0.1) is 0 Å². The maximum atomic E-state index is 5.59. The van der Waals surface area contributed by atoms with Gasteiger partial charge in [-0.3, -0.25) is 0 Å². The molecule has 17 heavy (non-hydrogen) atoms. The molecule has 0 radical (unpaired) electrons.